The molecule has 0 fully saturated rings. The van der Waals surface area contributed by atoms with E-state index in [4.69, 9.17) is 9.98 Å². The number of aliphatic imine (C=N–C) groups is 1. The molecule has 0 bridgehead atoms. The summed E-state index contributed by atoms with van der Waals surface area (Å²) in [5.41, 5.74) is 4.84. The molecule has 4 rings (SSSR count). The van der Waals surface area contributed by atoms with Gasteiger partial charge in [-0.1, -0.05) is 17.7 Å². The van der Waals surface area contributed by atoms with E-state index >= 15 is 0 Å². The minimum absolute atomic E-state index is 0.200. The predicted octanol–water partition coefficient (Wildman–Crippen LogP) is 5.49. The van der Waals surface area contributed by atoms with Crippen LogP contribution in [-0.4, -0.2) is 26.4 Å². The smallest absolute Gasteiger partial charge is 0.205 e. The quantitative estimate of drug-likeness (QED) is 0.565. The number of aryl methyl sites for hydroxylation is 1. The predicted molar refractivity (Wildman–Crippen MR) is 118 cm³/mol. The molecule has 1 N–H and O–H groups in total. The SMILES string of the molecule is Cc1ccc2c(c1)-c1nc3ccccn3c1N(C(C)(C)C)C(=NC(C)(C)C)N2. The number of hydrogen-bond donors (Lipinski definition) is 1. The standard InChI is InChI=1S/C23H29N5/c1-15-11-12-17-16(14-15)19-20(27-13-9-8-10-18(27)25-19)28(23(5,6)7)21(24-17)26-22(2,3)4/h8-14H,1-7H3,(H,24,26). The number of aromatic nitrogens is 2. The van der Waals surface area contributed by atoms with Crippen molar-refractivity contribution in [2.45, 2.75) is 59.5 Å². The van der Waals surface area contributed by atoms with Crippen LogP contribution >= 0.6 is 0 Å². The molecule has 0 saturated heterocycles. The maximum absolute atomic E-state index is 5.07. The molecule has 1 aliphatic heterocycles. The first-order valence-corrected chi connectivity index (χ1v) is 9.80. The van der Waals surface area contributed by atoms with Gasteiger partial charge in [0, 0.05) is 17.3 Å². The third-order valence-electron chi connectivity index (χ3n) is 4.72. The van der Waals surface area contributed by atoms with Crippen molar-refractivity contribution in [3.8, 4) is 11.3 Å². The molecular formula is C23H29N5. The number of guanidine groups is 1. The fourth-order valence-electron chi connectivity index (χ4n) is 3.65. The van der Waals surface area contributed by atoms with E-state index in [9.17, 15) is 0 Å². The maximum Gasteiger partial charge on any atom is 0.205 e. The minimum Gasteiger partial charge on any atom is -0.325 e. The number of rotatable bonds is 0. The van der Waals surface area contributed by atoms with Crippen molar-refractivity contribution in [1.82, 2.24) is 9.38 Å². The van der Waals surface area contributed by atoms with Gasteiger partial charge in [-0.05, 0) is 72.7 Å². The average Bonchev–Trinajstić information content (AvgIpc) is 2.87. The molecule has 0 amide bonds. The largest absolute Gasteiger partial charge is 0.325 e. The molecule has 28 heavy (non-hydrogen) atoms. The Morgan fingerprint density at radius 1 is 1.00 bits per heavy atom. The van der Waals surface area contributed by atoms with Crippen molar-refractivity contribution in [3.63, 3.8) is 0 Å². The highest BCUT2D eigenvalue weighted by Gasteiger charge is 2.36. The number of fused-ring (bicyclic) bond motifs is 5. The number of imidazole rings is 1. The van der Waals surface area contributed by atoms with Gasteiger partial charge in [-0.25, -0.2) is 9.98 Å². The van der Waals surface area contributed by atoms with Crippen molar-refractivity contribution in [1.29, 1.82) is 0 Å². The van der Waals surface area contributed by atoms with Gasteiger partial charge in [-0.15, -0.1) is 0 Å². The fourth-order valence-corrected chi connectivity index (χ4v) is 3.65. The van der Waals surface area contributed by atoms with Gasteiger partial charge < -0.3 is 5.32 Å². The monoisotopic (exact) mass is 375 g/mol. The van der Waals surface area contributed by atoms with E-state index in [1.165, 1.54) is 5.56 Å². The highest BCUT2D eigenvalue weighted by atomic mass is 15.4. The summed E-state index contributed by atoms with van der Waals surface area (Å²) >= 11 is 0. The number of anilines is 2. The van der Waals surface area contributed by atoms with Crippen LogP contribution in [0.5, 0.6) is 0 Å². The van der Waals surface area contributed by atoms with E-state index in [0.717, 1.165) is 34.4 Å². The lowest BCUT2D eigenvalue weighted by Crippen LogP contribution is -2.50. The van der Waals surface area contributed by atoms with Gasteiger partial charge in [0.25, 0.3) is 0 Å². The molecule has 5 nitrogen and oxygen atoms in total. The Balaban J connectivity index is 2.14. The third-order valence-corrected chi connectivity index (χ3v) is 4.72. The van der Waals surface area contributed by atoms with Crippen LogP contribution in [0, 0.1) is 6.92 Å². The normalized spacial score (nSPS) is 16.0. The van der Waals surface area contributed by atoms with Crippen LogP contribution in [-0.2, 0) is 0 Å². The molecule has 0 aliphatic carbocycles. The molecule has 1 aromatic carbocycles. The molecule has 0 saturated carbocycles. The Kier molecular flexibility index (Phi) is 4.03. The lowest BCUT2D eigenvalue weighted by Gasteiger charge is -2.38. The van der Waals surface area contributed by atoms with Crippen LogP contribution in [0.15, 0.2) is 47.6 Å². The summed E-state index contributed by atoms with van der Waals surface area (Å²) in [7, 11) is 0. The molecule has 2 aromatic heterocycles. The van der Waals surface area contributed by atoms with Crippen LogP contribution in [0.4, 0.5) is 11.5 Å². The highest BCUT2D eigenvalue weighted by Crippen LogP contribution is 2.42. The van der Waals surface area contributed by atoms with Gasteiger partial charge in [-0.3, -0.25) is 9.30 Å². The van der Waals surface area contributed by atoms with E-state index < -0.39 is 0 Å². The second-order valence-corrected chi connectivity index (χ2v) is 9.50. The first kappa shape index (κ1) is 18.5. The summed E-state index contributed by atoms with van der Waals surface area (Å²) in [6, 6.07) is 12.6. The molecule has 1 aliphatic rings. The number of nitrogens with one attached hydrogen (secondary N) is 1. The Bertz CT molecular complexity index is 1080. The third kappa shape index (κ3) is 3.15. The second-order valence-electron chi connectivity index (χ2n) is 9.50. The lowest BCUT2D eigenvalue weighted by molar-refractivity contribution is 0.546. The van der Waals surface area contributed by atoms with Gasteiger partial charge in [0.05, 0.1) is 11.2 Å². The number of nitrogens with zero attached hydrogens (tertiary/aromatic N) is 4. The number of hydrogen-bond acceptors (Lipinski definition) is 2. The van der Waals surface area contributed by atoms with Gasteiger partial charge in [-0.2, -0.15) is 0 Å². The Morgan fingerprint density at radius 2 is 1.75 bits per heavy atom. The molecule has 0 unspecified atom stereocenters. The van der Waals surface area contributed by atoms with Gasteiger partial charge in [0.15, 0.2) is 0 Å². The van der Waals surface area contributed by atoms with Crippen LogP contribution in [0.3, 0.4) is 0 Å². The molecular weight excluding hydrogens is 346 g/mol. The molecule has 146 valence electrons. The number of pyridine rings is 1. The first-order chi connectivity index (χ1) is 13.0. The summed E-state index contributed by atoms with van der Waals surface area (Å²) in [4.78, 5) is 12.4. The van der Waals surface area contributed by atoms with E-state index in [-0.39, 0.29) is 11.1 Å². The fraction of sp³-hybridized carbons (Fsp3) is 0.391. The summed E-state index contributed by atoms with van der Waals surface area (Å²) in [6.45, 7) is 15.1. The van der Waals surface area contributed by atoms with Crippen molar-refractivity contribution >= 4 is 23.1 Å². The van der Waals surface area contributed by atoms with E-state index in [2.05, 4.69) is 93.5 Å². The summed E-state index contributed by atoms with van der Waals surface area (Å²) in [6.07, 6.45) is 2.08. The van der Waals surface area contributed by atoms with E-state index in [1.807, 2.05) is 12.1 Å². The maximum atomic E-state index is 5.07. The van der Waals surface area contributed by atoms with Gasteiger partial charge in [0.1, 0.15) is 17.2 Å². The Morgan fingerprint density at radius 3 is 2.43 bits per heavy atom. The first-order valence-electron chi connectivity index (χ1n) is 9.80. The van der Waals surface area contributed by atoms with Crippen LogP contribution in [0.2, 0.25) is 0 Å². The molecule has 5 heteroatoms. The second kappa shape index (κ2) is 6.09. The van der Waals surface area contributed by atoms with Crippen LogP contribution < -0.4 is 10.2 Å². The van der Waals surface area contributed by atoms with Crippen molar-refractivity contribution in [2.24, 2.45) is 4.99 Å². The zero-order chi connectivity index (χ0) is 20.3. The van der Waals surface area contributed by atoms with Crippen molar-refractivity contribution in [3.05, 3.63) is 48.2 Å². The molecule has 0 spiro atoms. The van der Waals surface area contributed by atoms with Crippen LogP contribution in [0.1, 0.15) is 47.1 Å². The van der Waals surface area contributed by atoms with Crippen molar-refractivity contribution < 1.29 is 0 Å². The average molecular weight is 376 g/mol. The topological polar surface area (TPSA) is 44.9 Å². The Labute approximate surface area is 167 Å². The molecule has 0 atom stereocenters. The number of benzene rings is 1. The molecule has 3 heterocycles. The zero-order valence-electron chi connectivity index (χ0n) is 17.8. The highest BCUT2D eigenvalue weighted by molar-refractivity contribution is 6.12. The van der Waals surface area contributed by atoms with Crippen LogP contribution in [0.25, 0.3) is 16.9 Å². The molecule has 3 aromatic rings. The lowest BCUT2D eigenvalue weighted by atomic mass is 10.0. The molecule has 0 radical (unpaired) electrons. The minimum atomic E-state index is -0.221. The summed E-state index contributed by atoms with van der Waals surface area (Å²) in [5.74, 6) is 1.89. The van der Waals surface area contributed by atoms with Gasteiger partial charge >= 0.3 is 0 Å². The van der Waals surface area contributed by atoms with E-state index in [1.54, 1.807) is 0 Å². The van der Waals surface area contributed by atoms with Gasteiger partial charge in [0.2, 0.25) is 5.96 Å². The summed E-state index contributed by atoms with van der Waals surface area (Å²) in [5, 5.41) is 3.62. The van der Waals surface area contributed by atoms with Crippen molar-refractivity contribution in [2.75, 3.05) is 10.2 Å². The zero-order valence-corrected chi connectivity index (χ0v) is 17.8. The van der Waals surface area contributed by atoms with E-state index in [0.29, 0.717) is 0 Å². The Hall–Kier alpha value is -2.82. The summed E-state index contributed by atoms with van der Waals surface area (Å²) < 4.78 is 2.16.